The number of sulfone groups is 1. The second kappa shape index (κ2) is 5.32. The first-order valence-electron chi connectivity index (χ1n) is 5.01. The van der Waals surface area contributed by atoms with Crippen LogP contribution in [0.4, 0.5) is 0 Å². The molecular formula is C11H17NO3S. The van der Waals surface area contributed by atoms with Crippen molar-refractivity contribution in [3.8, 4) is 5.75 Å². The monoisotopic (exact) mass is 243 g/mol. The van der Waals surface area contributed by atoms with Crippen LogP contribution in [0.2, 0.25) is 0 Å². The summed E-state index contributed by atoms with van der Waals surface area (Å²) in [4.78, 5) is 1.94. The fourth-order valence-corrected chi connectivity index (χ4v) is 1.96. The van der Waals surface area contributed by atoms with E-state index in [2.05, 4.69) is 0 Å². The minimum Gasteiger partial charge on any atom is -0.508 e. The maximum atomic E-state index is 11.0. The summed E-state index contributed by atoms with van der Waals surface area (Å²) in [5, 5.41) is 9.11. The molecule has 0 aliphatic carbocycles. The van der Waals surface area contributed by atoms with Crippen molar-refractivity contribution in [3.63, 3.8) is 0 Å². The van der Waals surface area contributed by atoms with Gasteiger partial charge in [0.05, 0.1) is 5.75 Å². The number of phenols is 1. The molecule has 0 aliphatic heterocycles. The molecule has 1 N–H and O–H groups in total. The van der Waals surface area contributed by atoms with Gasteiger partial charge in [-0.25, -0.2) is 8.42 Å². The van der Waals surface area contributed by atoms with Crippen LogP contribution >= 0.6 is 0 Å². The summed E-state index contributed by atoms with van der Waals surface area (Å²) in [7, 11) is -1.03. The van der Waals surface area contributed by atoms with Gasteiger partial charge in [0.15, 0.2) is 0 Å². The normalized spacial score (nSPS) is 11.9. The lowest BCUT2D eigenvalue weighted by atomic mass is 10.2. The average molecular weight is 243 g/mol. The predicted molar refractivity (Wildman–Crippen MR) is 64.2 cm³/mol. The van der Waals surface area contributed by atoms with Gasteiger partial charge in [-0.3, -0.25) is 0 Å². The highest BCUT2D eigenvalue weighted by molar-refractivity contribution is 7.90. The van der Waals surface area contributed by atoms with Crippen LogP contribution in [0, 0.1) is 0 Å². The van der Waals surface area contributed by atoms with Gasteiger partial charge < -0.3 is 10.0 Å². The molecule has 5 heteroatoms. The highest BCUT2D eigenvalue weighted by Crippen LogP contribution is 2.10. The van der Waals surface area contributed by atoms with Gasteiger partial charge in [-0.05, 0) is 24.7 Å². The first kappa shape index (κ1) is 13.0. The highest BCUT2D eigenvalue weighted by atomic mass is 32.2. The molecule has 0 spiro atoms. The molecule has 0 aromatic heterocycles. The van der Waals surface area contributed by atoms with Crippen LogP contribution in [0.1, 0.15) is 5.56 Å². The van der Waals surface area contributed by atoms with E-state index < -0.39 is 9.84 Å². The first-order chi connectivity index (χ1) is 7.37. The third-order valence-electron chi connectivity index (χ3n) is 2.23. The van der Waals surface area contributed by atoms with E-state index >= 15 is 0 Å². The highest BCUT2D eigenvalue weighted by Gasteiger charge is 2.05. The zero-order valence-corrected chi connectivity index (χ0v) is 10.4. The van der Waals surface area contributed by atoms with E-state index in [-0.39, 0.29) is 11.5 Å². The largest absolute Gasteiger partial charge is 0.508 e. The van der Waals surface area contributed by atoms with E-state index in [4.69, 9.17) is 5.11 Å². The lowest BCUT2D eigenvalue weighted by Gasteiger charge is -2.15. The Morgan fingerprint density at radius 2 is 1.81 bits per heavy atom. The Balaban J connectivity index is 2.45. The molecule has 0 aliphatic rings. The maximum absolute atomic E-state index is 11.0. The fraction of sp³-hybridized carbons (Fsp3) is 0.455. The Morgan fingerprint density at radius 3 is 2.31 bits per heavy atom. The molecule has 0 saturated heterocycles. The lowest BCUT2D eigenvalue weighted by molar-refractivity contribution is 0.346. The van der Waals surface area contributed by atoms with Crippen molar-refractivity contribution in [3.05, 3.63) is 29.8 Å². The van der Waals surface area contributed by atoms with Crippen LogP contribution in [-0.2, 0) is 16.4 Å². The van der Waals surface area contributed by atoms with E-state index in [1.165, 1.54) is 6.26 Å². The standard InChI is InChI=1S/C11H17NO3S/c1-12(7-8-16(2,14)15)9-10-3-5-11(13)6-4-10/h3-6,13H,7-9H2,1-2H3. The van der Waals surface area contributed by atoms with Crippen LogP contribution in [0.15, 0.2) is 24.3 Å². The summed E-state index contributed by atoms with van der Waals surface area (Å²) in [6.45, 7) is 1.19. The topological polar surface area (TPSA) is 57.6 Å². The van der Waals surface area contributed by atoms with Crippen LogP contribution < -0.4 is 0 Å². The molecule has 1 aromatic rings. The number of hydrogen-bond acceptors (Lipinski definition) is 4. The van der Waals surface area contributed by atoms with Crippen LogP contribution in [0.3, 0.4) is 0 Å². The van der Waals surface area contributed by atoms with E-state index in [1.807, 2.05) is 24.1 Å². The molecular weight excluding hydrogens is 226 g/mol. The molecule has 0 fully saturated rings. The Bertz CT molecular complexity index is 425. The quantitative estimate of drug-likeness (QED) is 0.833. The number of nitrogens with zero attached hydrogens (tertiary/aromatic N) is 1. The van der Waals surface area contributed by atoms with Gasteiger partial charge in [0.25, 0.3) is 0 Å². The van der Waals surface area contributed by atoms with Gasteiger partial charge >= 0.3 is 0 Å². The molecule has 0 bridgehead atoms. The van der Waals surface area contributed by atoms with Crippen molar-refractivity contribution in [2.45, 2.75) is 6.54 Å². The van der Waals surface area contributed by atoms with Crippen molar-refractivity contribution in [1.82, 2.24) is 4.90 Å². The van der Waals surface area contributed by atoms with Crippen LogP contribution in [0.5, 0.6) is 5.75 Å². The van der Waals surface area contributed by atoms with E-state index in [9.17, 15) is 8.42 Å². The summed E-state index contributed by atoms with van der Waals surface area (Å²) in [6, 6.07) is 6.90. The van der Waals surface area contributed by atoms with Crippen molar-refractivity contribution >= 4 is 9.84 Å². The summed E-state index contributed by atoms with van der Waals surface area (Å²) in [5.74, 6) is 0.407. The third kappa shape index (κ3) is 5.14. The minimum absolute atomic E-state index is 0.168. The van der Waals surface area contributed by atoms with E-state index in [1.54, 1.807) is 12.1 Å². The number of phenolic OH excluding ortho intramolecular Hbond substituents is 1. The molecule has 16 heavy (non-hydrogen) atoms. The van der Waals surface area contributed by atoms with Gasteiger partial charge in [-0.15, -0.1) is 0 Å². The molecule has 4 nitrogen and oxygen atoms in total. The molecule has 0 saturated carbocycles. The summed E-state index contributed by atoms with van der Waals surface area (Å²) < 4.78 is 21.9. The Kier molecular flexibility index (Phi) is 4.32. The third-order valence-corrected chi connectivity index (χ3v) is 3.16. The van der Waals surface area contributed by atoms with Gasteiger partial charge in [-0.2, -0.15) is 0 Å². The van der Waals surface area contributed by atoms with Crippen LogP contribution in [-0.4, -0.2) is 44.0 Å². The Labute approximate surface area is 96.4 Å². The van der Waals surface area contributed by atoms with Gasteiger partial charge in [-0.1, -0.05) is 12.1 Å². The number of benzene rings is 1. The molecule has 0 atom stereocenters. The number of hydrogen-bond donors (Lipinski definition) is 1. The molecule has 1 rings (SSSR count). The maximum Gasteiger partial charge on any atom is 0.148 e. The molecule has 0 amide bonds. The molecule has 0 radical (unpaired) electrons. The van der Waals surface area contributed by atoms with Gasteiger partial charge in [0.2, 0.25) is 0 Å². The van der Waals surface area contributed by atoms with E-state index in [0.717, 1.165) is 5.56 Å². The number of aromatic hydroxyl groups is 1. The van der Waals surface area contributed by atoms with Crippen molar-refractivity contribution in [1.29, 1.82) is 0 Å². The minimum atomic E-state index is -2.90. The van der Waals surface area contributed by atoms with Crippen molar-refractivity contribution in [2.75, 3.05) is 25.6 Å². The lowest BCUT2D eigenvalue weighted by Crippen LogP contribution is -2.24. The zero-order chi connectivity index (χ0) is 12.2. The second-order valence-electron chi connectivity index (χ2n) is 4.03. The Morgan fingerprint density at radius 1 is 1.25 bits per heavy atom. The van der Waals surface area contributed by atoms with Crippen LogP contribution in [0.25, 0.3) is 0 Å². The summed E-state index contributed by atoms with van der Waals surface area (Å²) >= 11 is 0. The number of rotatable bonds is 5. The van der Waals surface area contributed by atoms with E-state index in [0.29, 0.717) is 13.1 Å². The SMILES string of the molecule is CN(CCS(C)(=O)=O)Cc1ccc(O)cc1. The molecule has 0 heterocycles. The Hall–Kier alpha value is -1.07. The summed E-state index contributed by atoms with van der Waals surface area (Å²) in [5.41, 5.74) is 1.05. The first-order valence-corrected chi connectivity index (χ1v) is 7.07. The van der Waals surface area contributed by atoms with Gasteiger partial charge in [0.1, 0.15) is 15.6 Å². The predicted octanol–water partition coefficient (Wildman–Crippen LogP) is 0.869. The molecule has 1 aromatic carbocycles. The average Bonchev–Trinajstić information content (AvgIpc) is 2.18. The summed E-state index contributed by atoms with van der Waals surface area (Å²) in [6.07, 6.45) is 1.24. The molecule has 0 unspecified atom stereocenters. The second-order valence-corrected chi connectivity index (χ2v) is 6.29. The smallest absolute Gasteiger partial charge is 0.148 e. The van der Waals surface area contributed by atoms with Gasteiger partial charge in [0, 0.05) is 19.3 Å². The van der Waals surface area contributed by atoms with Crippen molar-refractivity contribution in [2.24, 2.45) is 0 Å². The molecule has 90 valence electrons. The zero-order valence-electron chi connectivity index (χ0n) is 9.55. The van der Waals surface area contributed by atoms with Crippen molar-refractivity contribution < 1.29 is 13.5 Å². The fourth-order valence-electron chi connectivity index (χ4n) is 1.31.